The highest BCUT2D eigenvalue weighted by atomic mass is 16.5. The second kappa shape index (κ2) is 9.07. The topological polar surface area (TPSA) is 101 Å². The van der Waals surface area contributed by atoms with Crippen molar-refractivity contribution in [2.45, 2.75) is 19.4 Å². The number of rotatable bonds is 6. The molecule has 1 aliphatic heterocycles. The van der Waals surface area contributed by atoms with Gasteiger partial charge in [-0.05, 0) is 42.7 Å². The molecule has 0 spiro atoms. The molecule has 1 aromatic carbocycles. The third-order valence-corrected chi connectivity index (χ3v) is 4.62. The molecule has 2 heterocycles. The maximum atomic E-state index is 12.5. The minimum atomic E-state index is -0.867. The number of methoxy groups -OCH3 is 1. The number of carbonyl (C=O) groups is 2. The fourth-order valence-corrected chi connectivity index (χ4v) is 3.07. The number of nitrogens with zero attached hydrogens (tertiary/aromatic N) is 2. The quantitative estimate of drug-likeness (QED) is 0.793. The number of piperidine rings is 1. The first kappa shape index (κ1) is 19.5. The second-order valence-electron chi connectivity index (χ2n) is 6.56. The molecular weight excluding hydrogens is 362 g/mol. The number of ether oxygens (including phenoxy) is 2. The summed E-state index contributed by atoms with van der Waals surface area (Å²) in [6.07, 6.45) is 4.65. The summed E-state index contributed by atoms with van der Waals surface area (Å²) >= 11 is 0. The largest absolute Gasteiger partial charge is 0.493 e. The number of aromatic nitrogens is 1. The Balaban J connectivity index is 1.66. The van der Waals surface area contributed by atoms with Gasteiger partial charge in [-0.3, -0.25) is 9.78 Å². The van der Waals surface area contributed by atoms with Crippen LogP contribution < -0.4 is 14.8 Å². The third kappa shape index (κ3) is 4.91. The number of carbonyl (C=O) groups excluding carboxylic acids is 1. The molecule has 0 aliphatic carbocycles. The lowest BCUT2D eigenvalue weighted by Crippen LogP contribution is -2.44. The van der Waals surface area contributed by atoms with Crippen LogP contribution in [0.25, 0.3) is 0 Å². The number of urea groups is 1. The highest BCUT2D eigenvalue weighted by molar-refractivity contribution is 5.90. The van der Waals surface area contributed by atoms with E-state index in [0.717, 1.165) is 5.56 Å². The monoisotopic (exact) mass is 385 g/mol. The molecule has 1 saturated heterocycles. The minimum absolute atomic E-state index is 0.211. The standard InChI is InChI=1S/C20H23N3O5/c1-27-17-5-4-16(11-18(17)28-13-14-6-8-21-9-7-14)22-20(26)23-10-2-3-15(12-23)19(24)25/h4-9,11,15H,2-3,10,12-13H2,1H3,(H,22,26)(H,24,25). The van der Waals surface area contributed by atoms with Crippen LogP contribution in [-0.4, -0.2) is 47.2 Å². The van der Waals surface area contributed by atoms with Gasteiger partial charge in [-0.1, -0.05) is 0 Å². The van der Waals surface area contributed by atoms with Gasteiger partial charge < -0.3 is 24.8 Å². The Morgan fingerprint density at radius 3 is 2.75 bits per heavy atom. The smallest absolute Gasteiger partial charge is 0.321 e. The molecule has 2 amide bonds. The van der Waals surface area contributed by atoms with Crippen LogP contribution in [0.2, 0.25) is 0 Å². The Hall–Kier alpha value is -3.29. The van der Waals surface area contributed by atoms with Crippen molar-refractivity contribution in [3.63, 3.8) is 0 Å². The Morgan fingerprint density at radius 2 is 2.04 bits per heavy atom. The van der Waals surface area contributed by atoms with E-state index in [9.17, 15) is 14.7 Å². The van der Waals surface area contributed by atoms with Crippen molar-refractivity contribution in [2.24, 2.45) is 5.92 Å². The van der Waals surface area contributed by atoms with E-state index >= 15 is 0 Å². The van der Waals surface area contributed by atoms with Crippen molar-refractivity contribution in [2.75, 3.05) is 25.5 Å². The van der Waals surface area contributed by atoms with Gasteiger partial charge in [0.2, 0.25) is 0 Å². The molecule has 0 saturated carbocycles. The number of carboxylic acids is 1. The second-order valence-corrected chi connectivity index (χ2v) is 6.56. The average Bonchev–Trinajstić information content (AvgIpc) is 2.73. The SMILES string of the molecule is COc1ccc(NC(=O)N2CCCC(C(=O)O)C2)cc1OCc1ccncc1. The maximum Gasteiger partial charge on any atom is 0.321 e. The van der Waals surface area contributed by atoms with Crippen LogP contribution in [0.15, 0.2) is 42.7 Å². The van der Waals surface area contributed by atoms with Gasteiger partial charge in [0.25, 0.3) is 0 Å². The molecule has 28 heavy (non-hydrogen) atoms. The highest BCUT2D eigenvalue weighted by Gasteiger charge is 2.28. The van der Waals surface area contributed by atoms with Crippen molar-refractivity contribution in [3.8, 4) is 11.5 Å². The summed E-state index contributed by atoms with van der Waals surface area (Å²) in [6, 6.07) is 8.51. The van der Waals surface area contributed by atoms with Crippen LogP contribution in [0, 0.1) is 5.92 Å². The molecule has 8 nitrogen and oxygen atoms in total. The van der Waals surface area contributed by atoms with Crippen molar-refractivity contribution in [1.82, 2.24) is 9.88 Å². The number of carboxylic acid groups (broad SMARTS) is 1. The van der Waals surface area contributed by atoms with Crippen LogP contribution in [0.5, 0.6) is 11.5 Å². The molecule has 1 aliphatic rings. The number of hydrogen-bond acceptors (Lipinski definition) is 5. The zero-order valence-electron chi connectivity index (χ0n) is 15.6. The number of amides is 2. The van der Waals surface area contributed by atoms with E-state index in [0.29, 0.717) is 43.2 Å². The first-order chi connectivity index (χ1) is 13.6. The summed E-state index contributed by atoms with van der Waals surface area (Å²) in [5.74, 6) is -0.335. The molecule has 1 fully saturated rings. The van der Waals surface area contributed by atoms with Gasteiger partial charge in [-0.25, -0.2) is 4.79 Å². The van der Waals surface area contributed by atoms with E-state index in [1.807, 2.05) is 12.1 Å². The summed E-state index contributed by atoms with van der Waals surface area (Å²) in [5, 5.41) is 12.0. The van der Waals surface area contributed by atoms with Crippen molar-refractivity contribution in [3.05, 3.63) is 48.3 Å². The molecule has 0 bridgehead atoms. The molecule has 0 radical (unpaired) electrons. The van der Waals surface area contributed by atoms with Gasteiger partial charge >= 0.3 is 12.0 Å². The number of pyridine rings is 1. The highest BCUT2D eigenvalue weighted by Crippen LogP contribution is 2.31. The van der Waals surface area contributed by atoms with Crippen LogP contribution in [0.3, 0.4) is 0 Å². The predicted molar refractivity (Wildman–Crippen MR) is 103 cm³/mol. The molecule has 1 unspecified atom stereocenters. The summed E-state index contributed by atoms with van der Waals surface area (Å²) < 4.78 is 11.2. The zero-order valence-corrected chi connectivity index (χ0v) is 15.6. The number of hydrogen-bond donors (Lipinski definition) is 2. The van der Waals surface area contributed by atoms with Gasteiger partial charge in [-0.2, -0.15) is 0 Å². The van der Waals surface area contributed by atoms with E-state index in [-0.39, 0.29) is 12.6 Å². The fourth-order valence-electron chi connectivity index (χ4n) is 3.07. The lowest BCUT2D eigenvalue weighted by molar-refractivity contribution is -0.143. The predicted octanol–water partition coefficient (Wildman–Crippen LogP) is 3.00. The van der Waals surface area contributed by atoms with Crippen molar-refractivity contribution in [1.29, 1.82) is 0 Å². The Bertz CT molecular complexity index is 828. The molecule has 2 aromatic rings. The number of likely N-dealkylation sites (tertiary alicyclic amines) is 1. The van der Waals surface area contributed by atoms with E-state index in [1.165, 1.54) is 4.90 Å². The van der Waals surface area contributed by atoms with Crippen molar-refractivity contribution < 1.29 is 24.2 Å². The van der Waals surface area contributed by atoms with E-state index in [1.54, 1.807) is 37.7 Å². The third-order valence-electron chi connectivity index (χ3n) is 4.62. The van der Waals surface area contributed by atoms with Gasteiger partial charge in [0.15, 0.2) is 11.5 Å². The van der Waals surface area contributed by atoms with Gasteiger partial charge in [0.05, 0.1) is 13.0 Å². The first-order valence-electron chi connectivity index (χ1n) is 9.05. The zero-order chi connectivity index (χ0) is 19.9. The summed E-state index contributed by atoms with van der Waals surface area (Å²) in [5.41, 5.74) is 1.51. The van der Waals surface area contributed by atoms with Crippen LogP contribution >= 0.6 is 0 Å². The normalized spacial score (nSPS) is 16.3. The molecule has 148 valence electrons. The van der Waals surface area contributed by atoms with Crippen LogP contribution in [-0.2, 0) is 11.4 Å². The van der Waals surface area contributed by atoms with Crippen LogP contribution in [0.1, 0.15) is 18.4 Å². The fraction of sp³-hybridized carbons (Fsp3) is 0.350. The summed E-state index contributed by atoms with van der Waals surface area (Å²) in [7, 11) is 1.55. The Kier molecular flexibility index (Phi) is 6.31. The van der Waals surface area contributed by atoms with Gasteiger partial charge in [-0.15, -0.1) is 0 Å². The van der Waals surface area contributed by atoms with Crippen LogP contribution in [0.4, 0.5) is 10.5 Å². The summed E-state index contributed by atoms with van der Waals surface area (Å²) in [6.45, 7) is 1.09. The van der Waals surface area contributed by atoms with Gasteiger partial charge in [0.1, 0.15) is 6.61 Å². The number of nitrogens with one attached hydrogen (secondary N) is 1. The number of benzene rings is 1. The molecular formula is C20H23N3O5. The lowest BCUT2D eigenvalue weighted by atomic mass is 9.99. The molecule has 1 atom stereocenters. The van der Waals surface area contributed by atoms with E-state index in [4.69, 9.17) is 9.47 Å². The van der Waals surface area contributed by atoms with E-state index < -0.39 is 11.9 Å². The summed E-state index contributed by atoms with van der Waals surface area (Å²) in [4.78, 5) is 29.2. The minimum Gasteiger partial charge on any atom is -0.493 e. The molecule has 3 rings (SSSR count). The Morgan fingerprint density at radius 1 is 1.25 bits per heavy atom. The Labute approximate surface area is 163 Å². The lowest BCUT2D eigenvalue weighted by Gasteiger charge is -2.30. The van der Waals surface area contributed by atoms with Gasteiger partial charge in [0, 0.05) is 37.2 Å². The molecule has 2 N–H and O–H groups in total. The average molecular weight is 385 g/mol. The maximum absolute atomic E-state index is 12.5. The number of anilines is 1. The molecule has 8 heteroatoms. The van der Waals surface area contributed by atoms with E-state index in [2.05, 4.69) is 10.3 Å². The van der Waals surface area contributed by atoms with Crippen molar-refractivity contribution >= 4 is 17.7 Å². The molecule has 1 aromatic heterocycles. The number of aliphatic carboxylic acids is 1. The first-order valence-corrected chi connectivity index (χ1v) is 9.05.